The van der Waals surface area contributed by atoms with Crippen molar-refractivity contribution >= 4 is 30.3 Å². The van der Waals surface area contributed by atoms with Crippen LogP contribution in [0.2, 0.25) is 16.6 Å². The third-order valence-corrected chi connectivity index (χ3v) is 15.0. The molecule has 0 bridgehead atoms. The first-order valence-electron chi connectivity index (χ1n) is 13.1. The van der Waals surface area contributed by atoms with E-state index in [4.69, 9.17) is 18.8 Å². The zero-order valence-corrected chi connectivity index (χ0v) is 23.0. The van der Waals surface area contributed by atoms with E-state index in [1.807, 2.05) is 12.3 Å². The van der Waals surface area contributed by atoms with E-state index in [9.17, 15) is 0 Å². The smallest absolute Gasteiger partial charge is 0.167 e. The summed E-state index contributed by atoms with van der Waals surface area (Å²) < 4.78 is 17.2. The molecule has 0 atom stereocenters. The normalized spacial score (nSPS) is 18.4. The maximum Gasteiger partial charge on any atom is 0.167 e. The van der Waals surface area contributed by atoms with Crippen LogP contribution in [0.25, 0.3) is 22.4 Å². The minimum absolute atomic E-state index is 0.538. The second kappa shape index (κ2) is 9.67. The summed E-state index contributed by atoms with van der Waals surface area (Å²) in [6.45, 7) is 20.9. The number of hydrogen-bond donors (Lipinski definition) is 0. The highest BCUT2D eigenvalue weighted by molar-refractivity contribution is 6.93. The molecular formula is C26H39N5O3Si. The van der Waals surface area contributed by atoms with Crippen molar-refractivity contribution in [1.29, 1.82) is 0 Å². The van der Waals surface area contributed by atoms with Crippen LogP contribution in [0.5, 0.6) is 0 Å². The molecule has 2 fully saturated rings. The average Bonchev–Trinajstić information content (AvgIpc) is 3.46. The van der Waals surface area contributed by atoms with Crippen LogP contribution in [0.1, 0.15) is 41.5 Å². The highest BCUT2D eigenvalue weighted by atomic mass is 28.3. The lowest BCUT2D eigenvalue weighted by molar-refractivity contribution is 0.0286. The lowest BCUT2D eigenvalue weighted by Crippen LogP contribution is -2.56. The number of rotatable bonds is 8. The van der Waals surface area contributed by atoms with Gasteiger partial charge in [0.05, 0.1) is 25.1 Å². The lowest BCUT2D eigenvalue weighted by atomic mass is 9.97. The first kappa shape index (κ1) is 24.5. The summed E-state index contributed by atoms with van der Waals surface area (Å²) >= 11 is 0. The summed E-state index contributed by atoms with van der Waals surface area (Å²) in [6.07, 6.45) is 1.90. The zero-order valence-electron chi connectivity index (χ0n) is 22.0. The number of hydrogen-bond acceptors (Lipinski definition) is 8. The van der Waals surface area contributed by atoms with Crippen molar-refractivity contribution in [2.24, 2.45) is 5.92 Å². The first-order chi connectivity index (χ1) is 16.8. The molecule has 2 aromatic heterocycles. The molecule has 2 aliphatic rings. The molecule has 190 valence electrons. The second-order valence-corrected chi connectivity index (χ2v) is 17.0. The molecule has 3 aromatic rings. The van der Waals surface area contributed by atoms with E-state index in [0.29, 0.717) is 22.5 Å². The van der Waals surface area contributed by atoms with Crippen LogP contribution >= 0.6 is 0 Å². The van der Waals surface area contributed by atoms with Crippen LogP contribution in [-0.2, 0) is 4.74 Å². The molecule has 1 aromatic carbocycles. The van der Waals surface area contributed by atoms with E-state index in [1.165, 1.54) is 0 Å². The molecule has 0 unspecified atom stereocenters. The van der Waals surface area contributed by atoms with Crippen molar-refractivity contribution in [1.82, 2.24) is 20.2 Å². The topological polar surface area (TPSA) is 80.7 Å². The predicted octanol–water partition coefficient (Wildman–Crippen LogP) is 4.53. The van der Waals surface area contributed by atoms with Gasteiger partial charge in [0, 0.05) is 44.2 Å². The summed E-state index contributed by atoms with van der Waals surface area (Å²) in [6, 6.07) is 4.18. The third-order valence-electron chi connectivity index (χ3n) is 8.29. The molecule has 4 heterocycles. The zero-order chi connectivity index (χ0) is 24.7. The number of fused-ring (bicyclic) bond motifs is 1. The molecule has 0 amide bonds. The fourth-order valence-corrected chi connectivity index (χ4v) is 12.7. The van der Waals surface area contributed by atoms with Gasteiger partial charge in [-0.1, -0.05) is 41.5 Å². The van der Waals surface area contributed by atoms with Crippen molar-refractivity contribution in [2.45, 2.75) is 58.2 Å². The number of oxazole rings is 1. The molecule has 0 aliphatic carbocycles. The van der Waals surface area contributed by atoms with Crippen LogP contribution in [0.4, 0.5) is 5.69 Å². The highest BCUT2D eigenvalue weighted by Crippen LogP contribution is 2.42. The second-order valence-electron chi connectivity index (χ2n) is 11.2. The molecular weight excluding hydrogens is 458 g/mol. The van der Waals surface area contributed by atoms with Crippen LogP contribution in [0.3, 0.4) is 0 Å². The molecule has 5 rings (SSSR count). The molecule has 0 radical (unpaired) electrons. The number of ether oxygens (including phenoxy) is 1. The fraction of sp³-hybridized carbons (Fsp3) is 0.654. The van der Waals surface area contributed by atoms with Crippen LogP contribution < -0.4 is 10.4 Å². The average molecular weight is 498 g/mol. The van der Waals surface area contributed by atoms with Gasteiger partial charge in [-0.3, -0.25) is 4.90 Å². The van der Waals surface area contributed by atoms with Gasteiger partial charge in [-0.15, -0.1) is 0 Å². The molecule has 2 aliphatic heterocycles. The highest BCUT2D eigenvalue weighted by Gasteiger charge is 2.49. The summed E-state index contributed by atoms with van der Waals surface area (Å²) in [4.78, 5) is 9.78. The molecule has 0 saturated carbocycles. The predicted molar refractivity (Wildman–Crippen MR) is 141 cm³/mol. The molecule has 0 N–H and O–H groups in total. The minimum atomic E-state index is -1.97. The van der Waals surface area contributed by atoms with Gasteiger partial charge in [-0.2, -0.15) is 0 Å². The molecule has 35 heavy (non-hydrogen) atoms. The largest absolute Gasteiger partial charge is 0.446 e. The van der Waals surface area contributed by atoms with Crippen molar-refractivity contribution in [3.05, 3.63) is 18.3 Å². The number of morpholine rings is 1. The van der Waals surface area contributed by atoms with E-state index >= 15 is 0 Å². The Bertz CT molecular complexity index is 1120. The summed E-state index contributed by atoms with van der Waals surface area (Å²) in [7, 11) is -1.97. The van der Waals surface area contributed by atoms with Gasteiger partial charge >= 0.3 is 0 Å². The van der Waals surface area contributed by atoms with Gasteiger partial charge in [0.2, 0.25) is 0 Å². The Morgan fingerprint density at radius 3 is 2.31 bits per heavy atom. The van der Waals surface area contributed by atoms with E-state index in [-0.39, 0.29) is 0 Å². The molecule has 8 nitrogen and oxygen atoms in total. The van der Waals surface area contributed by atoms with Crippen LogP contribution in [-0.4, -0.2) is 74.2 Å². The van der Waals surface area contributed by atoms with E-state index in [2.05, 4.69) is 67.7 Å². The van der Waals surface area contributed by atoms with Gasteiger partial charge < -0.3 is 14.1 Å². The van der Waals surface area contributed by atoms with E-state index in [0.717, 1.165) is 79.5 Å². The van der Waals surface area contributed by atoms with Gasteiger partial charge in [0.15, 0.2) is 24.9 Å². The van der Waals surface area contributed by atoms with Gasteiger partial charge in [0.1, 0.15) is 5.52 Å². The fourth-order valence-electron chi connectivity index (χ4n) is 6.64. The SMILES string of the molecule is CC(C)[Si](c1ncc(-c2cc(N3CC(CN4CCOCC4)C3)c3nonc3c2)o1)(C(C)C)C(C)C. The minimum Gasteiger partial charge on any atom is -0.446 e. The maximum atomic E-state index is 6.59. The van der Waals surface area contributed by atoms with Crippen molar-refractivity contribution in [2.75, 3.05) is 50.8 Å². The first-order valence-corrected chi connectivity index (χ1v) is 15.3. The number of anilines is 1. The summed E-state index contributed by atoms with van der Waals surface area (Å²) in [5.74, 6) is 1.45. The van der Waals surface area contributed by atoms with Gasteiger partial charge in [0.25, 0.3) is 0 Å². The molecule has 0 spiro atoms. The maximum absolute atomic E-state index is 6.59. The Kier molecular flexibility index (Phi) is 6.76. The number of nitrogens with zero attached hydrogens (tertiary/aromatic N) is 5. The molecule has 2 saturated heterocycles. The Balaban J connectivity index is 1.41. The Morgan fingerprint density at radius 2 is 1.66 bits per heavy atom. The summed E-state index contributed by atoms with van der Waals surface area (Å²) in [5.41, 5.74) is 6.19. The third kappa shape index (κ3) is 4.31. The van der Waals surface area contributed by atoms with Crippen molar-refractivity contribution < 1.29 is 13.8 Å². The monoisotopic (exact) mass is 497 g/mol. The molecule has 9 heteroatoms. The standard InChI is InChI=1S/C26H39N5O3Si/c1-17(2)35(18(3)4,19(5)6)26-27-13-24(33-26)21-11-22-25(29-34-28-22)23(12-21)31-15-20(16-31)14-30-7-9-32-10-8-30/h11-13,17-20H,7-10,14-16H2,1-6H3. The number of benzene rings is 1. The Labute approximate surface area is 209 Å². The van der Waals surface area contributed by atoms with Crippen molar-refractivity contribution in [3.63, 3.8) is 0 Å². The van der Waals surface area contributed by atoms with Crippen LogP contribution in [0.15, 0.2) is 27.4 Å². The lowest BCUT2D eigenvalue weighted by Gasteiger charge is -2.43. The Hall–Kier alpha value is -2.23. The Morgan fingerprint density at radius 1 is 0.971 bits per heavy atom. The van der Waals surface area contributed by atoms with Gasteiger partial charge in [-0.25, -0.2) is 9.61 Å². The quantitative estimate of drug-likeness (QED) is 0.420. The van der Waals surface area contributed by atoms with Gasteiger partial charge in [-0.05, 0) is 39.1 Å². The van der Waals surface area contributed by atoms with E-state index in [1.54, 1.807) is 0 Å². The number of aromatic nitrogens is 3. The van der Waals surface area contributed by atoms with Crippen LogP contribution in [0, 0.1) is 5.92 Å². The van der Waals surface area contributed by atoms with E-state index < -0.39 is 8.07 Å². The summed E-state index contributed by atoms with van der Waals surface area (Å²) in [5, 5.41) is 8.39. The van der Waals surface area contributed by atoms with Crippen molar-refractivity contribution in [3.8, 4) is 11.3 Å².